The minimum absolute atomic E-state index is 0.0994. The minimum Gasteiger partial charge on any atom is -0.452 e. The average Bonchev–Trinajstić information content (AvgIpc) is 2.54. The Labute approximate surface area is 154 Å². The van der Waals surface area contributed by atoms with Gasteiger partial charge >= 0.3 is 5.97 Å². The zero-order valence-electron chi connectivity index (χ0n) is 13.6. The summed E-state index contributed by atoms with van der Waals surface area (Å²) in [5, 5.41) is 2.63. The van der Waals surface area contributed by atoms with Gasteiger partial charge in [0.25, 0.3) is 5.91 Å². The maximum Gasteiger partial charge on any atom is 0.339 e. The topological polar surface area (TPSA) is 89.5 Å². The van der Waals surface area contributed by atoms with Gasteiger partial charge in [0.05, 0.1) is 10.5 Å². The summed E-state index contributed by atoms with van der Waals surface area (Å²) in [5.41, 5.74) is 1.34. The van der Waals surface area contributed by atoms with Crippen molar-refractivity contribution >= 4 is 43.3 Å². The molecule has 2 aromatic rings. The van der Waals surface area contributed by atoms with E-state index >= 15 is 0 Å². The van der Waals surface area contributed by atoms with Crippen molar-refractivity contribution in [3.05, 3.63) is 58.1 Å². The number of aryl methyl sites for hydroxylation is 1. The molecule has 1 amide bonds. The van der Waals surface area contributed by atoms with E-state index in [0.717, 1.165) is 16.3 Å². The first kappa shape index (κ1) is 19.1. The molecule has 0 aromatic heterocycles. The van der Waals surface area contributed by atoms with Crippen LogP contribution in [0.2, 0.25) is 0 Å². The molecule has 1 N–H and O–H groups in total. The molecule has 0 aliphatic rings. The number of sulfone groups is 1. The molecule has 0 fully saturated rings. The van der Waals surface area contributed by atoms with E-state index in [0.29, 0.717) is 5.69 Å². The summed E-state index contributed by atoms with van der Waals surface area (Å²) < 4.78 is 29.2. The first-order valence-corrected chi connectivity index (χ1v) is 9.89. The van der Waals surface area contributed by atoms with E-state index in [1.807, 2.05) is 13.0 Å². The van der Waals surface area contributed by atoms with Gasteiger partial charge in [-0.15, -0.1) is 0 Å². The molecule has 0 aliphatic carbocycles. The molecule has 0 saturated heterocycles. The van der Waals surface area contributed by atoms with Crippen molar-refractivity contribution in [2.75, 3.05) is 18.2 Å². The largest absolute Gasteiger partial charge is 0.452 e. The highest BCUT2D eigenvalue weighted by atomic mass is 79.9. The van der Waals surface area contributed by atoms with E-state index in [4.69, 9.17) is 4.74 Å². The van der Waals surface area contributed by atoms with E-state index in [9.17, 15) is 18.0 Å². The molecule has 0 aliphatic heterocycles. The molecule has 132 valence electrons. The van der Waals surface area contributed by atoms with Crippen LogP contribution in [0.1, 0.15) is 15.9 Å². The van der Waals surface area contributed by atoms with Crippen molar-refractivity contribution < 1.29 is 22.7 Å². The molecule has 0 atom stereocenters. The van der Waals surface area contributed by atoms with Gasteiger partial charge in [-0.3, -0.25) is 4.79 Å². The zero-order valence-corrected chi connectivity index (χ0v) is 16.0. The molecule has 2 rings (SSSR count). The summed E-state index contributed by atoms with van der Waals surface area (Å²) in [6, 6.07) is 11.0. The van der Waals surface area contributed by atoms with E-state index < -0.39 is 28.3 Å². The molecule has 6 nitrogen and oxygen atoms in total. The van der Waals surface area contributed by atoms with Crippen molar-refractivity contribution in [1.82, 2.24) is 0 Å². The van der Waals surface area contributed by atoms with Crippen molar-refractivity contribution in [3.8, 4) is 0 Å². The summed E-state index contributed by atoms with van der Waals surface area (Å²) in [7, 11) is -3.58. The second-order valence-corrected chi connectivity index (χ2v) is 8.25. The number of amides is 1. The van der Waals surface area contributed by atoms with Crippen LogP contribution < -0.4 is 5.32 Å². The Balaban J connectivity index is 2.04. The zero-order chi connectivity index (χ0) is 18.6. The standard InChI is InChI=1S/C17H16BrNO5S/c1-11-9-12(18)7-8-14(11)19-16(20)10-24-17(21)13-5-3-4-6-15(13)25(2,22)23/h3-9H,10H2,1-2H3,(H,19,20). The highest BCUT2D eigenvalue weighted by Gasteiger charge is 2.20. The van der Waals surface area contributed by atoms with Crippen LogP contribution in [0.15, 0.2) is 51.8 Å². The molecule has 0 radical (unpaired) electrons. The van der Waals surface area contributed by atoms with E-state index in [1.165, 1.54) is 24.3 Å². The molecule has 0 heterocycles. The molecule has 8 heteroatoms. The third-order valence-electron chi connectivity index (χ3n) is 3.30. The second kappa shape index (κ2) is 7.79. The van der Waals surface area contributed by atoms with Crippen LogP contribution in [0.3, 0.4) is 0 Å². The lowest BCUT2D eigenvalue weighted by atomic mass is 10.2. The number of hydrogen-bond acceptors (Lipinski definition) is 5. The first-order chi connectivity index (χ1) is 11.7. The van der Waals surface area contributed by atoms with Crippen molar-refractivity contribution in [1.29, 1.82) is 0 Å². The number of esters is 1. The number of nitrogens with one attached hydrogen (secondary N) is 1. The lowest BCUT2D eigenvalue weighted by Gasteiger charge is -2.10. The smallest absolute Gasteiger partial charge is 0.339 e. The maximum atomic E-state index is 12.1. The van der Waals surface area contributed by atoms with Gasteiger partial charge in [-0.25, -0.2) is 13.2 Å². The predicted octanol–water partition coefficient (Wildman–Crippen LogP) is 2.96. The SMILES string of the molecule is Cc1cc(Br)ccc1NC(=O)COC(=O)c1ccccc1S(C)(=O)=O. The summed E-state index contributed by atoms with van der Waals surface area (Å²) in [6.45, 7) is 1.31. The molecule has 25 heavy (non-hydrogen) atoms. The van der Waals surface area contributed by atoms with Gasteiger partial charge in [0, 0.05) is 16.4 Å². The van der Waals surface area contributed by atoms with Gasteiger partial charge in [0.1, 0.15) is 0 Å². The van der Waals surface area contributed by atoms with Crippen LogP contribution in [-0.4, -0.2) is 33.2 Å². The number of hydrogen-bond donors (Lipinski definition) is 1. The van der Waals surface area contributed by atoms with E-state index in [1.54, 1.807) is 12.1 Å². The quantitative estimate of drug-likeness (QED) is 0.743. The fraction of sp³-hybridized carbons (Fsp3) is 0.176. The van der Waals surface area contributed by atoms with E-state index in [-0.39, 0.29) is 10.5 Å². The van der Waals surface area contributed by atoms with Gasteiger partial charge in [-0.05, 0) is 42.8 Å². The lowest BCUT2D eigenvalue weighted by Crippen LogP contribution is -2.22. The number of carbonyl (C=O) groups is 2. The molecule has 0 unspecified atom stereocenters. The Morgan fingerprint density at radius 2 is 1.84 bits per heavy atom. The van der Waals surface area contributed by atoms with Crippen LogP contribution in [-0.2, 0) is 19.4 Å². The van der Waals surface area contributed by atoms with Crippen molar-refractivity contribution in [2.24, 2.45) is 0 Å². The van der Waals surface area contributed by atoms with Gasteiger partial charge in [0.2, 0.25) is 0 Å². The van der Waals surface area contributed by atoms with Crippen LogP contribution in [0, 0.1) is 6.92 Å². The number of benzene rings is 2. The Morgan fingerprint density at radius 1 is 1.16 bits per heavy atom. The molecule has 0 bridgehead atoms. The van der Waals surface area contributed by atoms with Gasteiger partial charge in [-0.2, -0.15) is 0 Å². The Hall–Kier alpha value is -2.19. The van der Waals surface area contributed by atoms with Gasteiger partial charge in [-0.1, -0.05) is 28.1 Å². The van der Waals surface area contributed by atoms with Crippen LogP contribution in [0.5, 0.6) is 0 Å². The summed E-state index contributed by atoms with van der Waals surface area (Å²) in [6.07, 6.45) is 1.00. The maximum absolute atomic E-state index is 12.1. The Bertz CT molecular complexity index is 924. The highest BCUT2D eigenvalue weighted by Crippen LogP contribution is 2.20. The minimum atomic E-state index is -3.58. The third-order valence-corrected chi connectivity index (χ3v) is 4.95. The molecular formula is C17H16BrNO5S. The van der Waals surface area contributed by atoms with E-state index in [2.05, 4.69) is 21.2 Å². The molecule has 2 aromatic carbocycles. The summed E-state index contributed by atoms with van der Waals surface area (Å²) >= 11 is 3.33. The fourth-order valence-electron chi connectivity index (χ4n) is 2.12. The van der Waals surface area contributed by atoms with Gasteiger partial charge in [0.15, 0.2) is 16.4 Å². The monoisotopic (exact) mass is 425 g/mol. The lowest BCUT2D eigenvalue weighted by molar-refractivity contribution is -0.119. The van der Waals surface area contributed by atoms with Crippen LogP contribution in [0.25, 0.3) is 0 Å². The average molecular weight is 426 g/mol. The number of ether oxygens (including phenoxy) is 1. The number of halogens is 1. The van der Waals surface area contributed by atoms with Crippen molar-refractivity contribution in [3.63, 3.8) is 0 Å². The highest BCUT2D eigenvalue weighted by molar-refractivity contribution is 9.10. The fourth-order valence-corrected chi connectivity index (χ4v) is 3.47. The third kappa shape index (κ3) is 5.14. The number of carbonyl (C=O) groups excluding carboxylic acids is 2. The normalized spacial score (nSPS) is 11.0. The van der Waals surface area contributed by atoms with Crippen LogP contribution >= 0.6 is 15.9 Å². The first-order valence-electron chi connectivity index (χ1n) is 7.20. The van der Waals surface area contributed by atoms with Crippen LogP contribution in [0.4, 0.5) is 5.69 Å². The summed E-state index contributed by atoms with van der Waals surface area (Å²) in [4.78, 5) is 23.9. The molecule has 0 saturated carbocycles. The number of rotatable bonds is 5. The predicted molar refractivity (Wildman–Crippen MR) is 97.3 cm³/mol. The Morgan fingerprint density at radius 3 is 2.48 bits per heavy atom. The van der Waals surface area contributed by atoms with Crippen molar-refractivity contribution in [2.45, 2.75) is 11.8 Å². The molecular weight excluding hydrogens is 410 g/mol. The molecule has 0 spiro atoms. The second-order valence-electron chi connectivity index (χ2n) is 5.35. The summed E-state index contributed by atoms with van der Waals surface area (Å²) in [5.74, 6) is -1.39. The van der Waals surface area contributed by atoms with Gasteiger partial charge < -0.3 is 10.1 Å². The Kier molecular flexibility index (Phi) is 5.97. The number of anilines is 1.